The van der Waals surface area contributed by atoms with E-state index in [4.69, 9.17) is 5.11 Å². The van der Waals surface area contributed by atoms with Crippen LogP contribution in [0.25, 0.3) is 0 Å². The van der Waals surface area contributed by atoms with Gasteiger partial charge in [0.25, 0.3) is 0 Å². The summed E-state index contributed by atoms with van der Waals surface area (Å²) in [5, 5.41) is 8.81. The lowest BCUT2D eigenvalue weighted by Crippen LogP contribution is -2.35. The van der Waals surface area contributed by atoms with E-state index in [2.05, 4.69) is 0 Å². The highest BCUT2D eigenvalue weighted by atomic mass is 16.3. The number of hydrogen-bond donors (Lipinski definition) is 1. The summed E-state index contributed by atoms with van der Waals surface area (Å²) in [6, 6.07) is 9.79. The second-order valence-corrected chi connectivity index (χ2v) is 4.13. The maximum Gasteiger partial charge on any atom is 0.229 e. The van der Waals surface area contributed by atoms with E-state index in [0.29, 0.717) is 19.5 Å². The zero-order valence-corrected chi connectivity index (χ0v) is 10.6. The van der Waals surface area contributed by atoms with Crippen LogP contribution in [0.5, 0.6) is 0 Å². The van der Waals surface area contributed by atoms with Crippen molar-refractivity contribution in [3.8, 4) is 0 Å². The Morgan fingerprint density at radius 2 is 2.00 bits per heavy atom. The molecule has 0 fully saturated rings. The van der Waals surface area contributed by atoms with Crippen LogP contribution in [0.3, 0.4) is 0 Å². The molecule has 0 aliphatic carbocycles. The molecule has 3 nitrogen and oxygen atoms in total. The summed E-state index contributed by atoms with van der Waals surface area (Å²) >= 11 is 0. The number of aliphatic hydroxyl groups is 1. The van der Waals surface area contributed by atoms with Crippen molar-refractivity contribution in [3.05, 3.63) is 35.9 Å². The Hall–Kier alpha value is -1.35. The summed E-state index contributed by atoms with van der Waals surface area (Å²) < 4.78 is 0. The first kappa shape index (κ1) is 13.7. The first-order valence-electron chi connectivity index (χ1n) is 6.15. The molecular formula is C14H21NO2. The van der Waals surface area contributed by atoms with Gasteiger partial charge in [0.15, 0.2) is 0 Å². The molecule has 0 spiro atoms. The van der Waals surface area contributed by atoms with Gasteiger partial charge in [-0.3, -0.25) is 4.79 Å². The first-order valence-corrected chi connectivity index (χ1v) is 6.15. The standard InChI is InChI=1S/C14H21NO2/c1-3-15(10-7-11-16)14(17)12(2)13-8-5-4-6-9-13/h4-6,8-9,12,16H,3,7,10-11H2,1-2H3. The van der Waals surface area contributed by atoms with Gasteiger partial charge in [0.05, 0.1) is 5.92 Å². The van der Waals surface area contributed by atoms with Gasteiger partial charge in [-0.2, -0.15) is 0 Å². The first-order chi connectivity index (χ1) is 8.20. The van der Waals surface area contributed by atoms with E-state index >= 15 is 0 Å². The molecule has 0 radical (unpaired) electrons. The van der Waals surface area contributed by atoms with Crippen molar-refractivity contribution in [2.75, 3.05) is 19.7 Å². The van der Waals surface area contributed by atoms with Gasteiger partial charge in [-0.15, -0.1) is 0 Å². The number of nitrogens with zero attached hydrogens (tertiary/aromatic N) is 1. The number of carbonyl (C=O) groups excluding carboxylic acids is 1. The molecule has 1 atom stereocenters. The van der Waals surface area contributed by atoms with E-state index in [1.54, 1.807) is 4.90 Å². The molecular weight excluding hydrogens is 214 g/mol. The third-order valence-electron chi connectivity index (χ3n) is 2.95. The summed E-state index contributed by atoms with van der Waals surface area (Å²) in [7, 11) is 0. The molecule has 0 bridgehead atoms. The normalized spacial score (nSPS) is 12.2. The molecule has 1 rings (SSSR count). The molecule has 1 unspecified atom stereocenters. The van der Waals surface area contributed by atoms with Crippen molar-refractivity contribution in [3.63, 3.8) is 0 Å². The highest BCUT2D eigenvalue weighted by Crippen LogP contribution is 2.17. The van der Waals surface area contributed by atoms with Crippen LogP contribution in [0.4, 0.5) is 0 Å². The minimum absolute atomic E-state index is 0.116. The molecule has 0 aliphatic heterocycles. The third-order valence-corrected chi connectivity index (χ3v) is 2.95. The lowest BCUT2D eigenvalue weighted by molar-refractivity contribution is -0.132. The van der Waals surface area contributed by atoms with E-state index < -0.39 is 0 Å². The Bertz CT molecular complexity index is 337. The van der Waals surface area contributed by atoms with Crippen LogP contribution in [-0.4, -0.2) is 35.6 Å². The maximum atomic E-state index is 12.2. The molecule has 94 valence electrons. The predicted molar refractivity (Wildman–Crippen MR) is 68.8 cm³/mol. The third kappa shape index (κ3) is 3.86. The van der Waals surface area contributed by atoms with Gasteiger partial charge in [0, 0.05) is 19.7 Å². The Morgan fingerprint density at radius 3 is 2.53 bits per heavy atom. The average molecular weight is 235 g/mol. The zero-order valence-electron chi connectivity index (χ0n) is 10.6. The lowest BCUT2D eigenvalue weighted by atomic mass is 10.00. The van der Waals surface area contributed by atoms with Crippen molar-refractivity contribution < 1.29 is 9.90 Å². The van der Waals surface area contributed by atoms with Crippen molar-refractivity contribution >= 4 is 5.91 Å². The molecule has 1 aromatic rings. The van der Waals surface area contributed by atoms with Gasteiger partial charge < -0.3 is 10.0 Å². The fraction of sp³-hybridized carbons (Fsp3) is 0.500. The lowest BCUT2D eigenvalue weighted by Gasteiger charge is -2.24. The number of amides is 1. The molecule has 1 amide bonds. The van der Waals surface area contributed by atoms with Gasteiger partial charge in [-0.1, -0.05) is 30.3 Å². The number of hydrogen-bond acceptors (Lipinski definition) is 2. The summed E-state index contributed by atoms with van der Waals surface area (Å²) in [5.74, 6) is 0.0157. The van der Waals surface area contributed by atoms with Crippen molar-refractivity contribution in [1.29, 1.82) is 0 Å². The topological polar surface area (TPSA) is 40.5 Å². The van der Waals surface area contributed by atoms with Crippen molar-refractivity contribution in [1.82, 2.24) is 4.90 Å². The summed E-state index contributed by atoms with van der Waals surface area (Å²) in [6.07, 6.45) is 0.640. The Kier molecular flexibility index (Phi) is 5.70. The highest BCUT2D eigenvalue weighted by molar-refractivity contribution is 5.83. The molecule has 1 N–H and O–H groups in total. The second kappa shape index (κ2) is 7.07. The highest BCUT2D eigenvalue weighted by Gasteiger charge is 2.20. The zero-order chi connectivity index (χ0) is 12.7. The molecule has 0 heterocycles. The van der Waals surface area contributed by atoms with Gasteiger partial charge in [0.2, 0.25) is 5.91 Å². The fourth-order valence-corrected chi connectivity index (χ4v) is 1.84. The van der Waals surface area contributed by atoms with Crippen molar-refractivity contribution in [2.45, 2.75) is 26.2 Å². The van der Waals surface area contributed by atoms with Crippen LogP contribution in [-0.2, 0) is 4.79 Å². The number of likely N-dealkylation sites (N-methyl/N-ethyl adjacent to an activating group) is 1. The minimum Gasteiger partial charge on any atom is -0.396 e. The Labute approximate surface area is 103 Å². The maximum absolute atomic E-state index is 12.2. The molecule has 0 saturated heterocycles. The molecule has 0 aromatic heterocycles. The summed E-state index contributed by atoms with van der Waals surface area (Å²) in [6.45, 7) is 5.34. The van der Waals surface area contributed by atoms with Gasteiger partial charge in [-0.25, -0.2) is 0 Å². The quantitative estimate of drug-likeness (QED) is 0.819. The monoisotopic (exact) mass is 235 g/mol. The van der Waals surface area contributed by atoms with Crippen LogP contribution in [0.15, 0.2) is 30.3 Å². The van der Waals surface area contributed by atoms with Crippen LogP contribution < -0.4 is 0 Å². The predicted octanol–water partition coefficient (Wildman–Crippen LogP) is 2.02. The van der Waals surface area contributed by atoms with Crippen LogP contribution in [0.1, 0.15) is 31.7 Å². The van der Waals surface area contributed by atoms with Crippen LogP contribution >= 0.6 is 0 Å². The Morgan fingerprint density at radius 1 is 1.35 bits per heavy atom. The second-order valence-electron chi connectivity index (χ2n) is 4.13. The van der Waals surface area contributed by atoms with E-state index in [0.717, 1.165) is 5.56 Å². The van der Waals surface area contributed by atoms with Crippen LogP contribution in [0, 0.1) is 0 Å². The molecule has 0 aliphatic rings. The van der Waals surface area contributed by atoms with E-state index in [1.165, 1.54) is 0 Å². The van der Waals surface area contributed by atoms with E-state index in [9.17, 15) is 4.79 Å². The summed E-state index contributed by atoms with van der Waals surface area (Å²) in [4.78, 5) is 14.0. The number of benzene rings is 1. The van der Waals surface area contributed by atoms with Gasteiger partial charge >= 0.3 is 0 Å². The number of aliphatic hydroxyl groups excluding tert-OH is 1. The molecule has 3 heteroatoms. The SMILES string of the molecule is CCN(CCCO)C(=O)C(C)c1ccccc1. The number of rotatable bonds is 6. The molecule has 1 aromatic carbocycles. The van der Waals surface area contributed by atoms with E-state index in [1.807, 2.05) is 44.2 Å². The average Bonchev–Trinajstić information content (AvgIpc) is 2.39. The smallest absolute Gasteiger partial charge is 0.229 e. The largest absolute Gasteiger partial charge is 0.396 e. The van der Waals surface area contributed by atoms with Gasteiger partial charge in [0.1, 0.15) is 0 Å². The number of carbonyl (C=O) groups is 1. The van der Waals surface area contributed by atoms with Crippen LogP contribution in [0.2, 0.25) is 0 Å². The van der Waals surface area contributed by atoms with E-state index in [-0.39, 0.29) is 18.4 Å². The molecule has 0 saturated carbocycles. The fourth-order valence-electron chi connectivity index (χ4n) is 1.84. The summed E-state index contributed by atoms with van der Waals surface area (Å²) in [5.41, 5.74) is 1.04. The van der Waals surface area contributed by atoms with Crippen molar-refractivity contribution in [2.24, 2.45) is 0 Å². The Balaban J connectivity index is 2.67. The molecule has 17 heavy (non-hydrogen) atoms. The van der Waals surface area contributed by atoms with Gasteiger partial charge in [-0.05, 0) is 25.8 Å². The minimum atomic E-state index is -0.116.